The summed E-state index contributed by atoms with van der Waals surface area (Å²) in [5.41, 5.74) is 9.47. The molecule has 2 aromatic rings. The number of anilines is 1. The molecule has 0 unspecified atom stereocenters. The molecule has 2 N–H and O–H groups in total. The zero-order valence-corrected chi connectivity index (χ0v) is 12.7. The molecule has 4 nitrogen and oxygen atoms in total. The van der Waals surface area contributed by atoms with Crippen molar-refractivity contribution in [3.8, 4) is 16.9 Å². The second kappa shape index (κ2) is 5.99. The molecule has 0 aliphatic rings. The molecule has 0 fully saturated rings. The van der Waals surface area contributed by atoms with Crippen LogP contribution in [0.1, 0.15) is 38.3 Å². The van der Waals surface area contributed by atoms with Gasteiger partial charge in [0, 0.05) is 18.5 Å². The van der Waals surface area contributed by atoms with E-state index in [0.717, 1.165) is 41.2 Å². The number of nitrogen functional groups attached to an aromatic ring is 1. The van der Waals surface area contributed by atoms with E-state index in [9.17, 15) is 0 Å². The smallest absolute Gasteiger partial charge is 0.129 e. The molecule has 20 heavy (non-hydrogen) atoms. The first-order chi connectivity index (χ1) is 9.62. The summed E-state index contributed by atoms with van der Waals surface area (Å²) < 4.78 is 6.98. The molecular formula is C16H23N3O. The van der Waals surface area contributed by atoms with Crippen LogP contribution in [0.2, 0.25) is 0 Å². The summed E-state index contributed by atoms with van der Waals surface area (Å²) in [5, 5.41) is 4.63. The minimum atomic E-state index is 0.440. The molecule has 0 spiro atoms. The SMILES string of the molecule is CCC(CC)c1nn(C)c(N)c1-c1ccc(OC)cc1. The van der Waals surface area contributed by atoms with Gasteiger partial charge in [-0.15, -0.1) is 0 Å². The number of methoxy groups -OCH3 is 1. The highest BCUT2D eigenvalue weighted by Gasteiger charge is 2.21. The van der Waals surface area contributed by atoms with Crippen LogP contribution in [0.25, 0.3) is 11.1 Å². The zero-order chi connectivity index (χ0) is 14.7. The van der Waals surface area contributed by atoms with E-state index < -0.39 is 0 Å². The van der Waals surface area contributed by atoms with Gasteiger partial charge in [0.1, 0.15) is 11.6 Å². The molecule has 0 radical (unpaired) electrons. The van der Waals surface area contributed by atoms with E-state index in [-0.39, 0.29) is 0 Å². The minimum absolute atomic E-state index is 0.440. The fraction of sp³-hybridized carbons (Fsp3) is 0.438. The van der Waals surface area contributed by atoms with Gasteiger partial charge in [-0.05, 0) is 30.5 Å². The molecule has 1 aromatic heterocycles. The van der Waals surface area contributed by atoms with E-state index in [1.54, 1.807) is 11.8 Å². The molecule has 108 valence electrons. The number of benzene rings is 1. The topological polar surface area (TPSA) is 53.1 Å². The van der Waals surface area contributed by atoms with Gasteiger partial charge in [-0.25, -0.2) is 0 Å². The number of nitrogens with zero attached hydrogens (tertiary/aromatic N) is 2. The summed E-state index contributed by atoms with van der Waals surface area (Å²) in [4.78, 5) is 0. The van der Waals surface area contributed by atoms with Crippen molar-refractivity contribution in [2.45, 2.75) is 32.6 Å². The van der Waals surface area contributed by atoms with Crippen LogP contribution >= 0.6 is 0 Å². The Morgan fingerprint density at radius 2 is 1.80 bits per heavy atom. The van der Waals surface area contributed by atoms with Gasteiger partial charge >= 0.3 is 0 Å². The molecule has 1 heterocycles. The van der Waals surface area contributed by atoms with Crippen molar-refractivity contribution >= 4 is 5.82 Å². The van der Waals surface area contributed by atoms with Crippen LogP contribution in [0.4, 0.5) is 5.82 Å². The number of aromatic nitrogens is 2. The molecule has 2 rings (SSSR count). The van der Waals surface area contributed by atoms with E-state index in [1.807, 2.05) is 31.3 Å². The first-order valence-electron chi connectivity index (χ1n) is 7.09. The van der Waals surface area contributed by atoms with Crippen molar-refractivity contribution in [1.82, 2.24) is 9.78 Å². The van der Waals surface area contributed by atoms with E-state index in [2.05, 4.69) is 18.9 Å². The van der Waals surface area contributed by atoms with E-state index in [0.29, 0.717) is 5.92 Å². The van der Waals surface area contributed by atoms with Crippen molar-refractivity contribution in [3.05, 3.63) is 30.0 Å². The van der Waals surface area contributed by atoms with Crippen molar-refractivity contribution in [2.24, 2.45) is 7.05 Å². The highest BCUT2D eigenvalue weighted by molar-refractivity contribution is 5.77. The van der Waals surface area contributed by atoms with Crippen LogP contribution in [0, 0.1) is 0 Å². The monoisotopic (exact) mass is 273 g/mol. The van der Waals surface area contributed by atoms with Gasteiger partial charge in [0.05, 0.1) is 12.8 Å². The normalized spacial score (nSPS) is 11.1. The number of rotatable bonds is 5. The summed E-state index contributed by atoms with van der Waals surface area (Å²) in [6.45, 7) is 4.38. The van der Waals surface area contributed by atoms with E-state index in [1.165, 1.54) is 0 Å². The molecule has 0 saturated heterocycles. The van der Waals surface area contributed by atoms with E-state index >= 15 is 0 Å². The Hall–Kier alpha value is -1.97. The second-order valence-corrected chi connectivity index (χ2v) is 5.01. The van der Waals surface area contributed by atoms with Crippen LogP contribution in [0.5, 0.6) is 5.75 Å². The van der Waals surface area contributed by atoms with Gasteiger partial charge in [-0.3, -0.25) is 4.68 Å². The lowest BCUT2D eigenvalue weighted by Crippen LogP contribution is -1.99. The molecule has 0 amide bonds. The number of nitrogens with two attached hydrogens (primary N) is 1. The van der Waals surface area contributed by atoms with Gasteiger partial charge in [0.15, 0.2) is 0 Å². The maximum absolute atomic E-state index is 6.22. The van der Waals surface area contributed by atoms with Crippen molar-refractivity contribution in [3.63, 3.8) is 0 Å². The Morgan fingerprint density at radius 1 is 1.20 bits per heavy atom. The average molecular weight is 273 g/mol. The Kier molecular flexibility index (Phi) is 4.32. The molecular weight excluding hydrogens is 250 g/mol. The van der Waals surface area contributed by atoms with Crippen LogP contribution in [-0.4, -0.2) is 16.9 Å². The third-order valence-electron chi connectivity index (χ3n) is 3.87. The van der Waals surface area contributed by atoms with Crippen molar-refractivity contribution in [2.75, 3.05) is 12.8 Å². The van der Waals surface area contributed by atoms with Gasteiger partial charge in [-0.2, -0.15) is 5.10 Å². The number of hydrogen-bond donors (Lipinski definition) is 1. The summed E-state index contributed by atoms with van der Waals surface area (Å²) in [6, 6.07) is 7.99. The summed E-state index contributed by atoms with van der Waals surface area (Å²) >= 11 is 0. The Labute approximate surface area is 120 Å². The Balaban J connectivity index is 2.53. The lowest BCUT2D eigenvalue weighted by atomic mass is 9.93. The number of hydrogen-bond acceptors (Lipinski definition) is 3. The van der Waals surface area contributed by atoms with Gasteiger partial charge in [-0.1, -0.05) is 26.0 Å². The fourth-order valence-corrected chi connectivity index (χ4v) is 2.57. The van der Waals surface area contributed by atoms with E-state index in [4.69, 9.17) is 10.5 Å². The third-order valence-corrected chi connectivity index (χ3v) is 3.87. The summed E-state index contributed by atoms with van der Waals surface area (Å²) in [5.74, 6) is 2.01. The molecule has 0 aliphatic carbocycles. The predicted octanol–water partition coefficient (Wildman–Crippen LogP) is 3.58. The average Bonchev–Trinajstić information content (AvgIpc) is 2.76. The molecule has 0 bridgehead atoms. The Bertz CT molecular complexity index is 568. The lowest BCUT2D eigenvalue weighted by Gasteiger charge is -2.12. The largest absolute Gasteiger partial charge is 0.497 e. The van der Waals surface area contributed by atoms with Gasteiger partial charge < -0.3 is 10.5 Å². The quantitative estimate of drug-likeness (QED) is 0.906. The molecule has 1 aromatic carbocycles. The standard InChI is InChI=1S/C16H23N3O/c1-5-11(6-2)15-14(16(17)19(3)18-15)12-7-9-13(20-4)10-8-12/h7-11H,5-6,17H2,1-4H3. The van der Waals surface area contributed by atoms with Crippen LogP contribution in [0.15, 0.2) is 24.3 Å². The van der Waals surface area contributed by atoms with Crippen molar-refractivity contribution < 1.29 is 4.74 Å². The summed E-state index contributed by atoms with van der Waals surface area (Å²) in [7, 11) is 3.57. The third kappa shape index (κ3) is 2.50. The van der Waals surface area contributed by atoms with Crippen LogP contribution in [-0.2, 0) is 7.05 Å². The maximum Gasteiger partial charge on any atom is 0.129 e. The molecule has 0 saturated carbocycles. The first kappa shape index (κ1) is 14.4. The van der Waals surface area contributed by atoms with Crippen LogP contribution < -0.4 is 10.5 Å². The molecule has 0 atom stereocenters. The highest BCUT2D eigenvalue weighted by atomic mass is 16.5. The minimum Gasteiger partial charge on any atom is -0.497 e. The molecule has 0 aliphatic heterocycles. The predicted molar refractivity (Wildman–Crippen MR) is 82.9 cm³/mol. The van der Waals surface area contributed by atoms with Gasteiger partial charge in [0.2, 0.25) is 0 Å². The van der Waals surface area contributed by atoms with Crippen molar-refractivity contribution in [1.29, 1.82) is 0 Å². The zero-order valence-electron chi connectivity index (χ0n) is 12.7. The highest BCUT2D eigenvalue weighted by Crippen LogP contribution is 2.36. The lowest BCUT2D eigenvalue weighted by molar-refractivity contribution is 0.415. The summed E-state index contributed by atoms with van der Waals surface area (Å²) in [6.07, 6.45) is 2.13. The first-order valence-corrected chi connectivity index (χ1v) is 7.09. The molecule has 4 heteroatoms. The number of ether oxygens (including phenoxy) is 1. The fourth-order valence-electron chi connectivity index (χ4n) is 2.57. The van der Waals surface area contributed by atoms with Gasteiger partial charge in [0.25, 0.3) is 0 Å². The maximum atomic E-state index is 6.22. The second-order valence-electron chi connectivity index (χ2n) is 5.01. The number of aryl methyl sites for hydroxylation is 1. The van der Waals surface area contributed by atoms with Crippen LogP contribution in [0.3, 0.4) is 0 Å². The Morgan fingerprint density at radius 3 is 2.30 bits per heavy atom.